The van der Waals surface area contributed by atoms with Gasteiger partial charge in [0, 0.05) is 17.1 Å². The predicted molar refractivity (Wildman–Crippen MR) is 99.0 cm³/mol. The van der Waals surface area contributed by atoms with E-state index >= 15 is 0 Å². The van der Waals surface area contributed by atoms with Gasteiger partial charge in [0.05, 0.1) is 12.2 Å². The molecule has 1 N–H and O–H groups in total. The number of carbonyl (C=O) groups excluding carboxylic acids is 1. The number of hydrogen-bond acceptors (Lipinski definition) is 3. The molecule has 3 nitrogen and oxygen atoms in total. The summed E-state index contributed by atoms with van der Waals surface area (Å²) in [5.41, 5.74) is 2.76. The largest absolute Gasteiger partial charge is 0.462 e. The van der Waals surface area contributed by atoms with Crippen LogP contribution in [0.15, 0.2) is 53.0 Å². The van der Waals surface area contributed by atoms with Gasteiger partial charge in [0.15, 0.2) is 0 Å². The fourth-order valence-corrected chi connectivity index (χ4v) is 2.71. The van der Waals surface area contributed by atoms with Crippen LogP contribution in [0, 0.1) is 0 Å². The summed E-state index contributed by atoms with van der Waals surface area (Å²) >= 11 is 3.55. The fourth-order valence-electron chi connectivity index (χ4n) is 2.28. The fraction of sp³-hybridized carbons (Fsp3) is 0.278. The van der Waals surface area contributed by atoms with E-state index in [1.807, 2.05) is 49.4 Å². The van der Waals surface area contributed by atoms with Gasteiger partial charge >= 0.3 is 5.97 Å². The molecular formula is C18H21BrClNO2. The predicted octanol–water partition coefficient (Wildman–Crippen LogP) is 4.90. The Labute approximate surface area is 152 Å². The SMILES string of the molecule is CCOC(=O)c1ccccc1C(C)NCc1ccccc1Br.Cl. The van der Waals surface area contributed by atoms with Gasteiger partial charge in [0.1, 0.15) is 0 Å². The zero-order chi connectivity index (χ0) is 15.9. The molecule has 0 radical (unpaired) electrons. The number of hydrogen-bond donors (Lipinski definition) is 1. The van der Waals surface area contributed by atoms with Crippen LogP contribution in [-0.2, 0) is 11.3 Å². The first-order valence-electron chi connectivity index (χ1n) is 7.36. The van der Waals surface area contributed by atoms with E-state index in [1.165, 1.54) is 5.56 Å². The Balaban J connectivity index is 0.00000264. The summed E-state index contributed by atoms with van der Waals surface area (Å²) in [4.78, 5) is 12.0. The Morgan fingerprint density at radius 3 is 2.52 bits per heavy atom. The van der Waals surface area contributed by atoms with E-state index in [4.69, 9.17) is 4.74 Å². The lowest BCUT2D eigenvalue weighted by atomic mass is 10.0. The Morgan fingerprint density at radius 1 is 1.17 bits per heavy atom. The quantitative estimate of drug-likeness (QED) is 0.703. The molecule has 0 aliphatic rings. The molecule has 0 spiro atoms. The highest BCUT2D eigenvalue weighted by molar-refractivity contribution is 9.10. The number of halogens is 2. The highest BCUT2D eigenvalue weighted by Gasteiger charge is 2.16. The molecule has 0 heterocycles. The smallest absolute Gasteiger partial charge is 0.338 e. The summed E-state index contributed by atoms with van der Waals surface area (Å²) in [6.45, 7) is 4.97. The van der Waals surface area contributed by atoms with Gasteiger partial charge in [-0.2, -0.15) is 0 Å². The second-order valence-electron chi connectivity index (χ2n) is 5.00. The molecule has 0 aliphatic heterocycles. The second-order valence-corrected chi connectivity index (χ2v) is 5.86. The lowest BCUT2D eigenvalue weighted by Gasteiger charge is -2.18. The van der Waals surface area contributed by atoms with Crippen molar-refractivity contribution in [2.45, 2.75) is 26.4 Å². The van der Waals surface area contributed by atoms with Crippen LogP contribution in [0.5, 0.6) is 0 Å². The van der Waals surface area contributed by atoms with Crippen molar-refractivity contribution in [3.8, 4) is 0 Å². The summed E-state index contributed by atoms with van der Waals surface area (Å²) in [5.74, 6) is -0.271. The monoisotopic (exact) mass is 397 g/mol. The minimum atomic E-state index is -0.271. The van der Waals surface area contributed by atoms with Crippen molar-refractivity contribution in [2.24, 2.45) is 0 Å². The Morgan fingerprint density at radius 2 is 1.83 bits per heavy atom. The second kappa shape index (κ2) is 9.71. The summed E-state index contributed by atoms with van der Waals surface area (Å²) in [7, 11) is 0. The maximum absolute atomic E-state index is 12.0. The van der Waals surface area contributed by atoms with E-state index < -0.39 is 0 Å². The molecule has 0 saturated carbocycles. The van der Waals surface area contributed by atoms with Crippen LogP contribution < -0.4 is 5.32 Å². The van der Waals surface area contributed by atoms with Gasteiger partial charge in [-0.05, 0) is 37.1 Å². The maximum Gasteiger partial charge on any atom is 0.338 e. The van der Waals surface area contributed by atoms with Crippen molar-refractivity contribution in [1.82, 2.24) is 5.32 Å². The van der Waals surface area contributed by atoms with Crippen molar-refractivity contribution in [3.05, 3.63) is 69.7 Å². The molecule has 2 aromatic rings. The Bertz CT molecular complexity index is 648. The third-order valence-electron chi connectivity index (χ3n) is 3.48. The van der Waals surface area contributed by atoms with E-state index in [-0.39, 0.29) is 24.4 Å². The lowest BCUT2D eigenvalue weighted by molar-refractivity contribution is 0.0524. The van der Waals surface area contributed by atoms with Crippen LogP contribution in [0.1, 0.15) is 41.4 Å². The molecule has 0 bridgehead atoms. The van der Waals surface area contributed by atoms with Crippen LogP contribution in [0.4, 0.5) is 0 Å². The maximum atomic E-state index is 12.0. The topological polar surface area (TPSA) is 38.3 Å². The van der Waals surface area contributed by atoms with Crippen molar-refractivity contribution < 1.29 is 9.53 Å². The van der Waals surface area contributed by atoms with E-state index in [1.54, 1.807) is 0 Å². The van der Waals surface area contributed by atoms with E-state index in [9.17, 15) is 4.79 Å². The van der Waals surface area contributed by atoms with E-state index in [0.29, 0.717) is 12.2 Å². The third-order valence-corrected chi connectivity index (χ3v) is 4.25. The molecular weight excluding hydrogens is 378 g/mol. The van der Waals surface area contributed by atoms with Crippen molar-refractivity contribution >= 4 is 34.3 Å². The van der Waals surface area contributed by atoms with Gasteiger partial charge in [-0.3, -0.25) is 0 Å². The van der Waals surface area contributed by atoms with Crippen molar-refractivity contribution in [1.29, 1.82) is 0 Å². The van der Waals surface area contributed by atoms with Crippen LogP contribution in [0.3, 0.4) is 0 Å². The molecule has 0 amide bonds. The van der Waals surface area contributed by atoms with E-state index in [2.05, 4.69) is 34.2 Å². The average Bonchev–Trinajstić information content (AvgIpc) is 2.54. The first kappa shape index (κ1) is 19.7. The summed E-state index contributed by atoms with van der Waals surface area (Å²) in [6, 6.07) is 15.7. The summed E-state index contributed by atoms with van der Waals surface area (Å²) in [5, 5.41) is 3.46. The first-order valence-corrected chi connectivity index (χ1v) is 8.15. The molecule has 2 rings (SSSR count). The Hall–Kier alpha value is -1.36. The van der Waals surface area contributed by atoms with Gasteiger partial charge in [0.2, 0.25) is 0 Å². The number of esters is 1. The number of carbonyl (C=O) groups is 1. The Kier molecular flexibility index (Phi) is 8.31. The van der Waals surface area contributed by atoms with Crippen molar-refractivity contribution in [3.63, 3.8) is 0 Å². The molecule has 5 heteroatoms. The van der Waals surface area contributed by atoms with Crippen molar-refractivity contribution in [2.75, 3.05) is 6.61 Å². The van der Waals surface area contributed by atoms with Gasteiger partial charge in [-0.1, -0.05) is 52.3 Å². The highest BCUT2D eigenvalue weighted by Crippen LogP contribution is 2.21. The summed E-state index contributed by atoms with van der Waals surface area (Å²) < 4.78 is 6.20. The number of ether oxygens (including phenoxy) is 1. The molecule has 2 aromatic carbocycles. The molecule has 124 valence electrons. The van der Waals surface area contributed by atoms with Crippen LogP contribution >= 0.6 is 28.3 Å². The molecule has 0 aromatic heterocycles. The third kappa shape index (κ3) is 5.34. The normalized spacial score (nSPS) is 11.4. The minimum absolute atomic E-state index is 0. The van der Waals surface area contributed by atoms with Crippen LogP contribution in [0.25, 0.3) is 0 Å². The zero-order valence-corrected chi connectivity index (χ0v) is 15.6. The minimum Gasteiger partial charge on any atom is -0.462 e. The highest BCUT2D eigenvalue weighted by atomic mass is 79.9. The summed E-state index contributed by atoms with van der Waals surface area (Å²) in [6.07, 6.45) is 0. The number of rotatable bonds is 6. The van der Waals surface area contributed by atoms with Gasteiger partial charge in [0.25, 0.3) is 0 Å². The van der Waals surface area contributed by atoms with E-state index in [0.717, 1.165) is 16.6 Å². The molecule has 1 unspecified atom stereocenters. The number of nitrogens with one attached hydrogen (secondary N) is 1. The lowest BCUT2D eigenvalue weighted by Crippen LogP contribution is -2.21. The van der Waals surface area contributed by atoms with Crippen LogP contribution in [-0.4, -0.2) is 12.6 Å². The van der Waals surface area contributed by atoms with Crippen LogP contribution in [0.2, 0.25) is 0 Å². The molecule has 0 saturated heterocycles. The number of benzene rings is 2. The first-order chi connectivity index (χ1) is 10.6. The van der Waals surface area contributed by atoms with Gasteiger partial charge in [-0.25, -0.2) is 4.79 Å². The molecule has 0 aliphatic carbocycles. The zero-order valence-electron chi connectivity index (χ0n) is 13.2. The average molecular weight is 399 g/mol. The molecule has 0 fully saturated rings. The van der Waals surface area contributed by atoms with Gasteiger partial charge in [-0.15, -0.1) is 12.4 Å². The van der Waals surface area contributed by atoms with Gasteiger partial charge < -0.3 is 10.1 Å². The molecule has 23 heavy (non-hydrogen) atoms. The standard InChI is InChI=1S/C18H20BrNO2.ClH/c1-3-22-18(21)16-10-6-5-9-15(16)13(2)20-12-14-8-4-7-11-17(14)19;/h4-11,13,20H,3,12H2,1-2H3;1H. The molecule has 1 atom stereocenters.